The summed E-state index contributed by atoms with van der Waals surface area (Å²) < 4.78 is 59.6. The van der Waals surface area contributed by atoms with Crippen LogP contribution in [0.5, 0.6) is 0 Å². The van der Waals surface area contributed by atoms with Crippen molar-refractivity contribution in [2.24, 2.45) is 13.0 Å². The predicted molar refractivity (Wildman–Crippen MR) is 143 cm³/mol. The lowest BCUT2D eigenvalue weighted by molar-refractivity contribution is -0.174. The van der Waals surface area contributed by atoms with E-state index in [1.165, 1.54) is 18.0 Å². The fraction of sp³-hybridized carbons (Fsp3) is 0.407. The van der Waals surface area contributed by atoms with Crippen molar-refractivity contribution >= 4 is 11.6 Å². The van der Waals surface area contributed by atoms with Gasteiger partial charge in [-0.3, -0.25) is 9.48 Å². The first-order chi connectivity index (χ1) is 18.8. The lowest BCUT2D eigenvalue weighted by Gasteiger charge is -2.33. The zero-order valence-corrected chi connectivity index (χ0v) is 23.2. The van der Waals surface area contributed by atoms with E-state index in [9.17, 15) is 18.0 Å². The number of aryl methyl sites for hydroxylation is 2. The fourth-order valence-electron chi connectivity index (χ4n) is 4.34. The Kier molecular flexibility index (Phi) is 8.15. The van der Waals surface area contributed by atoms with Gasteiger partial charge in [0.1, 0.15) is 11.6 Å². The van der Waals surface area contributed by atoms with Crippen molar-refractivity contribution in [3.63, 3.8) is 0 Å². The van der Waals surface area contributed by atoms with Gasteiger partial charge in [0, 0.05) is 55.4 Å². The molecule has 0 spiro atoms. The van der Waals surface area contributed by atoms with Crippen molar-refractivity contribution in [1.82, 2.24) is 34.6 Å². The summed E-state index contributed by atoms with van der Waals surface area (Å²) in [5.74, 6) is -3.21. The molecule has 0 radical (unpaired) electrons. The number of anilines is 1. The molecule has 4 rings (SSSR count). The Bertz CT molecular complexity index is 1450. The standard InChI is InChI=1S/C27H32F4N8O/c1-16-7-8-19(13-23(16)39-15-22(34-35-39)20-14-32-38(6)17(20)2)33-26(40)18-11-21(27(29,30)31)25(28)24(12-18)37(5)10-9-36(3)4/h7-8,11-15,21,25H,9-10H2,1-6H3,(H,33,40). The SMILES string of the molecule is Cc1ccc(NC(=O)C2=CC(C(F)(F)F)C(F)C(N(C)CCN(C)C)=C2)cc1-n1cc(-c2cnn(C)c2C)nn1. The first-order valence-electron chi connectivity index (χ1n) is 12.6. The van der Waals surface area contributed by atoms with Crippen LogP contribution in [0.4, 0.5) is 23.2 Å². The van der Waals surface area contributed by atoms with Crippen molar-refractivity contribution in [1.29, 1.82) is 0 Å². The maximum atomic E-state index is 15.0. The first kappa shape index (κ1) is 29.0. The number of benzene rings is 1. The number of nitrogens with zero attached hydrogens (tertiary/aromatic N) is 7. The number of allylic oxidation sites excluding steroid dienone is 2. The minimum absolute atomic E-state index is 0.192. The molecule has 0 fully saturated rings. The van der Waals surface area contributed by atoms with Gasteiger partial charge in [-0.1, -0.05) is 17.4 Å². The van der Waals surface area contributed by atoms with E-state index in [2.05, 4.69) is 20.7 Å². The van der Waals surface area contributed by atoms with Gasteiger partial charge in [-0.25, -0.2) is 9.07 Å². The number of nitrogens with one attached hydrogen (secondary N) is 1. The summed E-state index contributed by atoms with van der Waals surface area (Å²) >= 11 is 0. The summed E-state index contributed by atoms with van der Waals surface area (Å²) in [7, 11) is 6.96. The minimum atomic E-state index is -4.86. The van der Waals surface area contributed by atoms with Crippen LogP contribution in [-0.2, 0) is 11.8 Å². The van der Waals surface area contributed by atoms with E-state index in [4.69, 9.17) is 0 Å². The van der Waals surface area contributed by atoms with Crippen molar-refractivity contribution < 1.29 is 22.4 Å². The van der Waals surface area contributed by atoms with E-state index in [1.807, 2.05) is 39.9 Å². The lowest BCUT2D eigenvalue weighted by atomic mass is 9.90. The fourth-order valence-corrected chi connectivity index (χ4v) is 4.34. The Hall–Kier alpha value is -4.00. The van der Waals surface area contributed by atoms with Crippen LogP contribution in [0.25, 0.3) is 16.9 Å². The maximum Gasteiger partial charge on any atom is 0.398 e. The zero-order chi connectivity index (χ0) is 29.4. The van der Waals surface area contributed by atoms with Gasteiger partial charge in [0.2, 0.25) is 0 Å². The van der Waals surface area contributed by atoms with Crippen molar-refractivity contribution in [3.05, 3.63) is 65.3 Å². The summed E-state index contributed by atoms with van der Waals surface area (Å²) in [4.78, 5) is 16.4. The van der Waals surface area contributed by atoms with Gasteiger partial charge in [0.05, 0.1) is 18.1 Å². The number of carbonyl (C=O) groups excluding carboxylic acids is 1. The normalized spacial score (nSPS) is 17.6. The second-order valence-electron chi connectivity index (χ2n) is 10.2. The van der Waals surface area contributed by atoms with E-state index < -0.39 is 24.2 Å². The molecule has 3 aromatic rings. The molecule has 2 unspecified atom stereocenters. The molecule has 214 valence electrons. The van der Waals surface area contributed by atoms with Crippen LogP contribution >= 0.6 is 0 Å². The highest BCUT2D eigenvalue weighted by molar-refractivity contribution is 6.06. The van der Waals surface area contributed by atoms with Crippen molar-refractivity contribution in [2.45, 2.75) is 26.2 Å². The van der Waals surface area contributed by atoms with Gasteiger partial charge in [0.25, 0.3) is 5.91 Å². The number of rotatable bonds is 8. The third-order valence-electron chi connectivity index (χ3n) is 6.94. The van der Waals surface area contributed by atoms with Crippen LogP contribution in [0.1, 0.15) is 11.3 Å². The molecule has 0 aliphatic heterocycles. The van der Waals surface area contributed by atoms with Gasteiger partial charge < -0.3 is 15.1 Å². The zero-order valence-electron chi connectivity index (χ0n) is 23.2. The van der Waals surface area contributed by atoms with Gasteiger partial charge in [-0.15, -0.1) is 5.10 Å². The second kappa shape index (κ2) is 11.2. The number of likely N-dealkylation sites (N-methyl/N-ethyl adjacent to an activating group) is 2. The monoisotopic (exact) mass is 560 g/mol. The van der Waals surface area contributed by atoms with Crippen molar-refractivity contribution in [3.8, 4) is 16.9 Å². The minimum Gasteiger partial charge on any atom is -0.374 e. The summed E-state index contributed by atoms with van der Waals surface area (Å²) in [5.41, 5.74) is 3.68. The summed E-state index contributed by atoms with van der Waals surface area (Å²) in [6, 6.07) is 5.04. The number of carbonyl (C=O) groups is 1. The molecular weight excluding hydrogens is 528 g/mol. The highest BCUT2D eigenvalue weighted by atomic mass is 19.4. The quantitative estimate of drug-likeness (QED) is 0.419. The largest absolute Gasteiger partial charge is 0.398 e. The highest BCUT2D eigenvalue weighted by Gasteiger charge is 2.48. The molecule has 0 saturated carbocycles. The Balaban J connectivity index is 1.60. The molecule has 1 N–H and O–H groups in total. The van der Waals surface area contributed by atoms with Crippen LogP contribution in [0.15, 0.2) is 54.0 Å². The third kappa shape index (κ3) is 6.09. The molecule has 1 amide bonds. The number of amides is 1. The van der Waals surface area contributed by atoms with Gasteiger partial charge in [0.15, 0.2) is 6.17 Å². The molecule has 9 nitrogen and oxygen atoms in total. The van der Waals surface area contributed by atoms with Gasteiger partial charge in [-0.2, -0.15) is 18.3 Å². The number of alkyl halides is 4. The van der Waals surface area contributed by atoms with Crippen LogP contribution in [-0.4, -0.2) is 87.1 Å². The third-order valence-corrected chi connectivity index (χ3v) is 6.94. The number of hydrogen-bond acceptors (Lipinski definition) is 6. The molecule has 2 heterocycles. The van der Waals surface area contributed by atoms with E-state index in [1.54, 1.807) is 40.0 Å². The predicted octanol–water partition coefficient (Wildman–Crippen LogP) is 4.06. The smallest absolute Gasteiger partial charge is 0.374 e. The molecule has 13 heteroatoms. The molecule has 1 aliphatic carbocycles. The van der Waals surface area contributed by atoms with E-state index in [-0.39, 0.29) is 11.3 Å². The Morgan fingerprint density at radius 1 is 1.15 bits per heavy atom. The van der Waals surface area contributed by atoms with Gasteiger partial charge in [-0.05, 0) is 51.7 Å². The average molecular weight is 561 g/mol. The Labute approximate surface area is 229 Å². The van der Waals surface area contributed by atoms with Crippen LogP contribution in [0.2, 0.25) is 0 Å². The second-order valence-corrected chi connectivity index (χ2v) is 10.2. The topological polar surface area (TPSA) is 84.1 Å². The molecule has 2 atom stereocenters. The number of hydrogen-bond donors (Lipinski definition) is 1. The molecular formula is C27H32F4N8O. The van der Waals surface area contributed by atoms with E-state index in [0.29, 0.717) is 36.2 Å². The van der Waals surface area contributed by atoms with Gasteiger partial charge >= 0.3 is 6.18 Å². The van der Waals surface area contributed by atoms with Crippen LogP contribution in [0, 0.1) is 19.8 Å². The molecule has 0 bridgehead atoms. The molecule has 40 heavy (non-hydrogen) atoms. The Morgan fingerprint density at radius 2 is 1.88 bits per heavy atom. The highest BCUT2D eigenvalue weighted by Crippen LogP contribution is 2.39. The summed E-state index contributed by atoms with van der Waals surface area (Å²) in [6.45, 7) is 4.56. The van der Waals surface area contributed by atoms with Crippen LogP contribution in [0.3, 0.4) is 0 Å². The molecule has 1 aliphatic rings. The molecule has 2 aromatic heterocycles. The average Bonchev–Trinajstić information content (AvgIpc) is 3.49. The van der Waals surface area contributed by atoms with Crippen LogP contribution < -0.4 is 5.32 Å². The lowest BCUT2D eigenvalue weighted by Crippen LogP contribution is -2.40. The van der Waals surface area contributed by atoms with E-state index in [0.717, 1.165) is 16.8 Å². The number of halogens is 4. The van der Waals surface area contributed by atoms with E-state index >= 15 is 4.39 Å². The Morgan fingerprint density at radius 3 is 2.50 bits per heavy atom. The van der Waals surface area contributed by atoms with Crippen molar-refractivity contribution in [2.75, 3.05) is 39.5 Å². The summed E-state index contributed by atoms with van der Waals surface area (Å²) in [5, 5.41) is 15.3. The first-order valence-corrected chi connectivity index (χ1v) is 12.6. The summed E-state index contributed by atoms with van der Waals surface area (Å²) in [6.07, 6.45) is -1.91. The maximum absolute atomic E-state index is 15.0. The molecule has 0 saturated heterocycles. The number of aromatic nitrogens is 5. The molecule has 1 aromatic carbocycles.